The number of allylic oxidation sites excluding steroid dienone is 1. The Balaban J connectivity index is 2.55. The van der Waals surface area contributed by atoms with Crippen LogP contribution < -0.4 is 5.32 Å². The smallest absolute Gasteiger partial charge is 0.341 e. The summed E-state index contributed by atoms with van der Waals surface area (Å²) in [5.41, 5.74) is 2.86. The summed E-state index contributed by atoms with van der Waals surface area (Å²) in [6.07, 6.45) is 1.49. The minimum atomic E-state index is -0.454. The molecule has 132 valence electrons. The van der Waals surface area contributed by atoms with Crippen LogP contribution in [0.3, 0.4) is 0 Å². The number of rotatable bonds is 5. The van der Waals surface area contributed by atoms with E-state index in [4.69, 9.17) is 16.3 Å². The highest BCUT2D eigenvalue weighted by Gasteiger charge is 2.25. The van der Waals surface area contributed by atoms with E-state index in [9.17, 15) is 9.59 Å². The lowest BCUT2D eigenvalue weighted by molar-refractivity contribution is -0.111. The molecule has 4 nitrogen and oxygen atoms in total. The molecule has 0 bridgehead atoms. The number of anilines is 1. The minimum absolute atomic E-state index is 0.259. The van der Waals surface area contributed by atoms with Crippen LogP contribution in [0, 0.1) is 6.92 Å². The van der Waals surface area contributed by atoms with E-state index in [2.05, 4.69) is 5.32 Å². The van der Waals surface area contributed by atoms with Gasteiger partial charge in [-0.1, -0.05) is 29.3 Å². The van der Waals surface area contributed by atoms with E-state index in [0.29, 0.717) is 15.6 Å². The summed E-state index contributed by atoms with van der Waals surface area (Å²) in [6.45, 7) is 7.60. The Morgan fingerprint density at radius 2 is 1.88 bits per heavy atom. The molecule has 0 fully saturated rings. The second kappa shape index (κ2) is 8.32. The van der Waals surface area contributed by atoms with Crippen molar-refractivity contribution in [2.24, 2.45) is 0 Å². The summed E-state index contributed by atoms with van der Waals surface area (Å²) < 4.78 is 5.21. The zero-order valence-corrected chi connectivity index (χ0v) is 16.2. The van der Waals surface area contributed by atoms with E-state index >= 15 is 0 Å². The van der Waals surface area contributed by atoms with Crippen LogP contribution in [0.25, 0.3) is 11.1 Å². The maximum Gasteiger partial charge on any atom is 0.341 e. The zero-order valence-electron chi connectivity index (χ0n) is 14.6. The number of benzene rings is 1. The number of halogens is 1. The molecule has 1 heterocycles. The fourth-order valence-corrected chi connectivity index (χ4v) is 3.60. The van der Waals surface area contributed by atoms with Gasteiger partial charge in [0.15, 0.2) is 0 Å². The van der Waals surface area contributed by atoms with Crippen LogP contribution in [0.4, 0.5) is 5.00 Å². The Morgan fingerprint density at radius 1 is 1.24 bits per heavy atom. The number of ether oxygens (including phenoxy) is 1. The van der Waals surface area contributed by atoms with Gasteiger partial charge in [-0.15, -0.1) is 11.3 Å². The van der Waals surface area contributed by atoms with Gasteiger partial charge in [-0.05, 0) is 45.4 Å². The first kappa shape index (κ1) is 19.2. The zero-order chi connectivity index (χ0) is 18.6. The van der Waals surface area contributed by atoms with E-state index in [0.717, 1.165) is 21.6 Å². The topological polar surface area (TPSA) is 55.4 Å². The number of carbonyl (C=O) groups is 2. The summed E-state index contributed by atoms with van der Waals surface area (Å²) in [4.78, 5) is 25.6. The Labute approximate surface area is 156 Å². The average Bonchev–Trinajstić information content (AvgIpc) is 2.83. The number of amides is 1. The van der Waals surface area contributed by atoms with Crippen molar-refractivity contribution < 1.29 is 14.3 Å². The lowest BCUT2D eigenvalue weighted by Crippen LogP contribution is -2.13. The number of aryl methyl sites for hydroxylation is 1. The first-order chi connectivity index (χ1) is 11.8. The van der Waals surface area contributed by atoms with E-state index in [1.165, 1.54) is 17.4 Å². The molecule has 0 aliphatic carbocycles. The van der Waals surface area contributed by atoms with Gasteiger partial charge in [-0.25, -0.2) is 4.79 Å². The van der Waals surface area contributed by atoms with Gasteiger partial charge in [0.05, 0.1) is 6.61 Å². The van der Waals surface area contributed by atoms with Crippen molar-refractivity contribution in [1.82, 2.24) is 0 Å². The molecule has 0 aliphatic heterocycles. The highest BCUT2D eigenvalue weighted by molar-refractivity contribution is 7.17. The maximum absolute atomic E-state index is 12.5. The SMILES string of the molecule is CCOC(=O)c1c(NC(=O)C=C(C)C)sc(C)c1-c1ccc(Cl)cc1. The molecule has 0 aliphatic rings. The molecular formula is C19H20ClNO3S. The van der Waals surface area contributed by atoms with Crippen LogP contribution >= 0.6 is 22.9 Å². The highest BCUT2D eigenvalue weighted by Crippen LogP contribution is 2.40. The Bertz CT molecular complexity index is 818. The molecule has 1 aromatic carbocycles. The molecule has 1 amide bonds. The molecule has 0 radical (unpaired) electrons. The summed E-state index contributed by atoms with van der Waals surface area (Å²) in [6, 6.07) is 7.23. The number of hydrogen-bond acceptors (Lipinski definition) is 4. The quantitative estimate of drug-likeness (QED) is 0.556. The van der Waals surface area contributed by atoms with Crippen molar-refractivity contribution in [3.63, 3.8) is 0 Å². The third-order valence-corrected chi connectivity index (χ3v) is 4.63. The lowest BCUT2D eigenvalue weighted by atomic mass is 10.0. The molecule has 0 atom stereocenters. The Kier molecular flexibility index (Phi) is 6.39. The number of nitrogens with one attached hydrogen (secondary N) is 1. The van der Waals surface area contributed by atoms with Gasteiger partial charge < -0.3 is 10.1 Å². The monoisotopic (exact) mass is 377 g/mol. The lowest BCUT2D eigenvalue weighted by Gasteiger charge is -2.08. The second-order valence-electron chi connectivity index (χ2n) is 5.68. The predicted molar refractivity (Wildman–Crippen MR) is 104 cm³/mol. The van der Waals surface area contributed by atoms with Gasteiger partial charge >= 0.3 is 5.97 Å². The molecule has 25 heavy (non-hydrogen) atoms. The molecule has 2 rings (SSSR count). The van der Waals surface area contributed by atoms with Crippen LogP contribution in [0.1, 0.15) is 36.0 Å². The molecule has 2 aromatic rings. The molecule has 6 heteroatoms. The highest BCUT2D eigenvalue weighted by atomic mass is 35.5. The van der Waals surface area contributed by atoms with Gasteiger partial charge in [0.2, 0.25) is 5.91 Å². The third kappa shape index (κ3) is 4.71. The van der Waals surface area contributed by atoms with Crippen LogP contribution in [-0.2, 0) is 9.53 Å². The van der Waals surface area contributed by atoms with Crippen molar-refractivity contribution in [2.75, 3.05) is 11.9 Å². The van der Waals surface area contributed by atoms with E-state index in [-0.39, 0.29) is 12.5 Å². The Morgan fingerprint density at radius 3 is 2.44 bits per heavy atom. The largest absolute Gasteiger partial charge is 0.462 e. The standard InChI is InChI=1S/C19H20ClNO3S/c1-5-24-19(23)17-16(13-6-8-14(20)9-7-13)12(4)25-18(17)21-15(22)10-11(2)3/h6-10H,5H2,1-4H3,(H,21,22). The van der Waals surface area contributed by atoms with E-state index in [1.807, 2.05) is 32.9 Å². The second-order valence-corrected chi connectivity index (χ2v) is 7.34. The number of esters is 1. The molecule has 1 aromatic heterocycles. The van der Waals surface area contributed by atoms with Gasteiger partial charge in [-0.2, -0.15) is 0 Å². The van der Waals surface area contributed by atoms with Crippen molar-refractivity contribution in [1.29, 1.82) is 0 Å². The van der Waals surface area contributed by atoms with Crippen molar-refractivity contribution in [3.8, 4) is 11.1 Å². The number of carbonyl (C=O) groups excluding carboxylic acids is 2. The maximum atomic E-state index is 12.5. The summed E-state index contributed by atoms with van der Waals surface area (Å²) in [5, 5.41) is 3.91. The fraction of sp³-hybridized carbons (Fsp3) is 0.263. The molecule has 1 N–H and O–H groups in total. The molecule has 0 spiro atoms. The summed E-state index contributed by atoms with van der Waals surface area (Å²) in [7, 11) is 0. The summed E-state index contributed by atoms with van der Waals surface area (Å²) in [5.74, 6) is -0.723. The molecule has 0 unspecified atom stereocenters. The molecule has 0 saturated carbocycles. The van der Waals surface area contributed by atoms with Gasteiger partial charge in [0, 0.05) is 21.5 Å². The number of hydrogen-bond donors (Lipinski definition) is 1. The fourth-order valence-electron chi connectivity index (χ4n) is 2.41. The van der Waals surface area contributed by atoms with Crippen LogP contribution in [0.15, 0.2) is 35.9 Å². The molecule has 0 saturated heterocycles. The average molecular weight is 378 g/mol. The van der Waals surface area contributed by atoms with Gasteiger partial charge in [0.1, 0.15) is 10.6 Å². The predicted octanol–water partition coefficient (Wildman–Crippen LogP) is 5.46. The minimum Gasteiger partial charge on any atom is -0.462 e. The van der Waals surface area contributed by atoms with E-state index in [1.54, 1.807) is 19.1 Å². The first-order valence-corrected chi connectivity index (χ1v) is 9.05. The van der Waals surface area contributed by atoms with Gasteiger partial charge in [-0.3, -0.25) is 4.79 Å². The number of thiophene rings is 1. The van der Waals surface area contributed by atoms with Crippen LogP contribution in [-0.4, -0.2) is 18.5 Å². The normalized spacial score (nSPS) is 10.3. The molecular weight excluding hydrogens is 358 g/mol. The third-order valence-electron chi connectivity index (χ3n) is 3.35. The Hall–Kier alpha value is -2.11. The van der Waals surface area contributed by atoms with Gasteiger partial charge in [0.25, 0.3) is 0 Å². The van der Waals surface area contributed by atoms with Crippen LogP contribution in [0.2, 0.25) is 5.02 Å². The van der Waals surface area contributed by atoms with Crippen molar-refractivity contribution in [3.05, 3.63) is 51.4 Å². The van der Waals surface area contributed by atoms with Crippen LogP contribution in [0.5, 0.6) is 0 Å². The summed E-state index contributed by atoms with van der Waals surface area (Å²) >= 11 is 7.32. The first-order valence-electron chi connectivity index (χ1n) is 7.85. The van der Waals surface area contributed by atoms with Crippen molar-refractivity contribution >= 4 is 39.8 Å². The van der Waals surface area contributed by atoms with E-state index < -0.39 is 5.97 Å². The van der Waals surface area contributed by atoms with Crippen molar-refractivity contribution in [2.45, 2.75) is 27.7 Å².